The molecule has 4 nitrogen and oxygen atoms in total. The van der Waals surface area contributed by atoms with Crippen LogP contribution >= 0.6 is 0 Å². The molecule has 4 aliphatic rings. The minimum absolute atomic E-state index is 0.184. The smallest absolute Gasteiger partial charge is 0.306 e. The number of esters is 1. The first kappa shape index (κ1) is 41.6. The highest BCUT2D eigenvalue weighted by atomic mass is 16.6. The number of carbonyl (C=O) groups is 1. The highest BCUT2D eigenvalue weighted by Crippen LogP contribution is 2.68. The number of aliphatic hydroxyl groups is 2. The van der Waals surface area contributed by atoms with E-state index in [0.717, 1.165) is 25.7 Å². The Kier molecular flexibility index (Phi) is 16.0. The van der Waals surface area contributed by atoms with Crippen molar-refractivity contribution in [1.29, 1.82) is 0 Å². The summed E-state index contributed by atoms with van der Waals surface area (Å²) in [5.41, 5.74) is 0.0582. The van der Waals surface area contributed by atoms with Crippen LogP contribution in [0.15, 0.2) is 23.8 Å². The van der Waals surface area contributed by atoms with E-state index in [2.05, 4.69) is 66.7 Å². The van der Waals surface area contributed by atoms with E-state index in [1.807, 2.05) is 0 Å². The molecular weight excluding hydrogens is 617 g/mol. The predicted molar refractivity (Wildman–Crippen MR) is 210 cm³/mol. The molecule has 0 aromatic heterocycles. The third-order valence-electron chi connectivity index (χ3n) is 14.9. The van der Waals surface area contributed by atoms with E-state index in [-0.39, 0.29) is 17.3 Å². The zero-order valence-corrected chi connectivity index (χ0v) is 33.8. The number of carbonyl (C=O) groups excluding carboxylic acids is 1. The van der Waals surface area contributed by atoms with E-state index in [1.54, 1.807) is 0 Å². The molecule has 50 heavy (non-hydrogen) atoms. The van der Waals surface area contributed by atoms with E-state index in [1.165, 1.54) is 108 Å². The molecule has 4 heteroatoms. The van der Waals surface area contributed by atoms with Crippen molar-refractivity contribution in [3.05, 3.63) is 23.8 Å². The van der Waals surface area contributed by atoms with E-state index >= 15 is 0 Å². The number of allylic oxidation sites excluding steroid dienone is 3. The Balaban J connectivity index is 1.30. The molecule has 3 saturated carbocycles. The Morgan fingerprint density at radius 1 is 0.800 bits per heavy atom. The van der Waals surface area contributed by atoms with Gasteiger partial charge >= 0.3 is 5.97 Å². The molecular formula is C46H80O4. The number of hydrogen-bond acceptors (Lipinski definition) is 4. The molecule has 2 N–H and O–H groups in total. The second-order valence-corrected chi connectivity index (χ2v) is 18.7. The predicted octanol–water partition coefficient (Wildman–Crippen LogP) is 12.3. The van der Waals surface area contributed by atoms with Gasteiger partial charge in [-0.3, -0.25) is 4.79 Å². The van der Waals surface area contributed by atoms with E-state index < -0.39 is 23.2 Å². The van der Waals surface area contributed by atoms with Gasteiger partial charge in [-0.1, -0.05) is 156 Å². The van der Waals surface area contributed by atoms with Crippen molar-refractivity contribution in [2.24, 2.45) is 46.3 Å². The summed E-state index contributed by atoms with van der Waals surface area (Å²) >= 11 is 0. The zero-order chi connectivity index (χ0) is 36.4. The number of unbranched alkanes of at least 4 members (excludes halogenated alkanes) is 14. The van der Waals surface area contributed by atoms with Gasteiger partial charge < -0.3 is 14.9 Å². The van der Waals surface area contributed by atoms with Gasteiger partial charge in [0, 0.05) is 18.3 Å². The molecule has 10 atom stereocenters. The molecule has 0 bridgehead atoms. The molecule has 0 radical (unpaired) electrons. The van der Waals surface area contributed by atoms with Gasteiger partial charge in [-0.05, 0) is 91.9 Å². The third-order valence-corrected chi connectivity index (χ3v) is 14.9. The Bertz CT molecular complexity index is 1090. The van der Waals surface area contributed by atoms with Gasteiger partial charge in [-0.15, -0.1) is 0 Å². The maximum Gasteiger partial charge on any atom is 0.306 e. The van der Waals surface area contributed by atoms with E-state index in [9.17, 15) is 15.0 Å². The second-order valence-electron chi connectivity index (χ2n) is 18.7. The van der Waals surface area contributed by atoms with Crippen molar-refractivity contribution in [3.63, 3.8) is 0 Å². The summed E-state index contributed by atoms with van der Waals surface area (Å²) in [5, 5.41) is 23.3. The Labute approximate surface area is 309 Å². The van der Waals surface area contributed by atoms with Crippen molar-refractivity contribution >= 4 is 5.97 Å². The van der Waals surface area contributed by atoms with Gasteiger partial charge in [0.15, 0.2) is 0 Å². The minimum Gasteiger partial charge on any atom is -0.455 e. The van der Waals surface area contributed by atoms with Gasteiger partial charge in [0.25, 0.3) is 0 Å². The minimum atomic E-state index is -1.22. The highest BCUT2D eigenvalue weighted by Gasteiger charge is 2.66. The first-order valence-corrected chi connectivity index (χ1v) is 21.9. The van der Waals surface area contributed by atoms with Gasteiger partial charge in [-0.2, -0.15) is 0 Å². The highest BCUT2D eigenvalue weighted by molar-refractivity contribution is 5.70. The monoisotopic (exact) mass is 697 g/mol. The topological polar surface area (TPSA) is 66.8 Å². The van der Waals surface area contributed by atoms with Crippen LogP contribution in [0.25, 0.3) is 0 Å². The van der Waals surface area contributed by atoms with Gasteiger partial charge in [0.05, 0.1) is 6.10 Å². The summed E-state index contributed by atoms with van der Waals surface area (Å²) in [6.45, 7) is 16.4. The first-order valence-electron chi connectivity index (χ1n) is 21.9. The van der Waals surface area contributed by atoms with Crippen molar-refractivity contribution in [2.75, 3.05) is 0 Å². The van der Waals surface area contributed by atoms with Crippen LogP contribution in [0.1, 0.15) is 196 Å². The van der Waals surface area contributed by atoms with Crippen molar-refractivity contribution < 1.29 is 19.7 Å². The zero-order valence-electron chi connectivity index (χ0n) is 33.8. The van der Waals surface area contributed by atoms with Crippen LogP contribution < -0.4 is 0 Å². The van der Waals surface area contributed by atoms with Gasteiger partial charge in [-0.25, -0.2) is 0 Å². The normalized spacial score (nSPS) is 35.0. The maximum absolute atomic E-state index is 13.4. The van der Waals surface area contributed by atoms with Gasteiger partial charge in [0.2, 0.25) is 0 Å². The average molecular weight is 697 g/mol. The number of ether oxygens (including phenoxy) is 1. The van der Waals surface area contributed by atoms with Crippen molar-refractivity contribution in [2.45, 2.75) is 214 Å². The Morgan fingerprint density at radius 2 is 1.38 bits per heavy atom. The maximum atomic E-state index is 13.4. The molecule has 0 aromatic rings. The SMILES string of the molecule is CCCCCCCCCCCCCCCCCC(=O)OC1C=C2C3CCC(C(C)C=CC(C)C(C)C)C3(C)CCC2C2(C)CCC(O)CC12O. The van der Waals surface area contributed by atoms with Crippen molar-refractivity contribution in [3.8, 4) is 0 Å². The lowest BCUT2D eigenvalue weighted by molar-refractivity contribution is -0.222. The van der Waals surface area contributed by atoms with E-state index in [0.29, 0.717) is 48.9 Å². The lowest BCUT2D eigenvalue weighted by Gasteiger charge is -2.62. The molecule has 3 fully saturated rings. The molecule has 4 aliphatic carbocycles. The first-order chi connectivity index (χ1) is 23.9. The summed E-state index contributed by atoms with van der Waals surface area (Å²) in [7, 11) is 0. The van der Waals surface area contributed by atoms with Crippen LogP contribution in [0.5, 0.6) is 0 Å². The number of aliphatic hydroxyl groups excluding tert-OH is 1. The number of fused-ring (bicyclic) bond motifs is 5. The molecule has 10 unspecified atom stereocenters. The van der Waals surface area contributed by atoms with E-state index in [4.69, 9.17) is 4.74 Å². The van der Waals surface area contributed by atoms with Crippen LogP contribution in [0.3, 0.4) is 0 Å². The fourth-order valence-corrected chi connectivity index (χ4v) is 11.1. The molecule has 0 aromatic carbocycles. The quantitative estimate of drug-likeness (QED) is 0.0712. The fraction of sp³-hybridized carbons (Fsp3) is 0.891. The van der Waals surface area contributed by atoms with Crippen molar-refractivity contribution in [1.82, 2.24) is 0 Å². The van der Waals surface area contributed by atoms with Gasteiger partial charge in [0.1, 0.15) is 11.7 Å². The molecule has 0 spiro atoms. The molecule has 4 rings (SSSR count). The lowest BCUT2D eigenvalue weighted by Crippen LogP contribution is -2.66. The van der Waals surface area contributed by atoms with Crippen LogP contribution in [-0.2, 0) is 9.53 Å². The Hall–Kier alpha value is -1.13. The molecule has 0 amide bonds. The average Bonchev–Trinajstić information content (AvgIpc) is 3.43. The summed E-state index contributed by atoms with van der Waals surface area (Å²) in [4.78, 5) is 13.4. The standard InChI is InChI=1S/C46H80O4/c1-8-9-10-11-12-13-14-15-16-17-18-19-20-21-22-23-43(48)50-42-32-38-40-27-26-39(36(5)25-24-35(4)34(2)3)44(40,6)30-29-41(38)45(7)31-28-37(47)33-46(42,45)49/h24-25,32,34-37,39-42,47,49H,8-23,26-31,33H2,1-7H3. The van der Waals surface area contributed by atoms with Crippen LogP contribution in [0.2, 0.25) is 0 Å². The lowest BCUT2D eigenvalue weighted by atomic mass is 9.45. The van der Waals surface area contributed by atoms with Crippen LogP contribution in [0, 0.1) is 46.3 Å². The van der Waals surface area contributed by atoms with Crippen LogP contribution in [0.4, 0.5) is 0 Å². The summed E-state index contributed by atoms with van der Waals surface area (Å²) < 4.78 is 6.30. The summed E-state index contributed by atoms with van der Waals surface area (Å²) in [6, 6.07) is 0. The fourth-order valence-electron chi connectivity index (χ4n) is 11.1. The second kappa shape index (κ2) is 19.3. The molecule has 288 valence electrons. The Morgan fingerprint density at radius 3 is 1.96 bits per heavy atom. The molecule has 0 aliphatic heterocycles. The number of rotatable bonds is 21. The number of hydrogen-bond donors (Lipinski definition) is 2. The van der Waals surface area contributed by atoms with Crippen LogP contribution in [-0.4, -0.2) is 34.0 Å². The largest absolute Gasteiger partial charge is 0.455 e. The molecule has 0 heterocycles. The summed E-state index contributed by atoms with van der Waals surface area (Å²) in [6.07, 6.45) is 32.3. The third kappa shape index (κ3) is 9.89. The summed E-state index contributed by atoms with van der Waals surface area (Å²) in [5.74, 6) is 2.98. The molecule has 0 saturated heterocycles.